The molecule has 1 fully saturated rings. The van der Waals surface area contributed by atoms with Crippen LogP contribution in [0.2, 0.25) is 0 Å². The molecule has 0 amide bonds. The van der Waals surface area contributed by atoms with E-state index in [-0.39, 0.29) is 5.78 Å². The van der Waals surface area contributed by atoms with Crippen LogP contribution in [0.1, 0.15) is 45.4 Å². The average Bonchev–Trinajstić information content (AvgIpc) is 2.06. The van der Waals surface area contributed by atoms with Gasteiger partial charge in [0.1, 0.15) is 0 Å². The van der Waals surface area contributed by atoms with Crippen LogP contribution >= 0.6 is 0 Å². The number of rotatable bonds is 3. The van der Waals surface area contributed by atoms with E-state index < -0.39 is 0 Å². The largest absolute Gasteiger partial charge is 0.295 e. The third-order valence-electron chi connectivity index (χ3n) is 2.67. The van der Waals surface area contributed by atoms with Crippen molar-refractivity contribution in [1.82, 2.24) is 0 Å². The first-order chi connectivity index (χ1) is 5.70. The predicted molar refractivity (Wildman–Crippen MR) is 51.0 cm³/mol. The van der Waals surface area contributed by atoms with E-state index in [4.69, 9.17) is 0 Å². The monoisotopic (exact) mass is 166 g/mol. The maximum Gasteiger partial charge on any atom is 0.158 e. The maximum atomic E-state index is 11.3. The Bertz CT molecular complexity index is 175. The normalized spacial score (nSPS) is 19.1. The summed E-state index contributed by atoms with van der Waals surface area (Å²) in [5, 5.41) is 0. The van der Waals surface area contributed by atoms with Crippen LogP contribution in [0.3, 0.4) is 0 Å². The average molecular weight is 166 g/mol. The SMILES string of the molecule is C=C(C)C(=O)CC1CCCCC1. The first-order valence-corrected chi connectivity index (χ1v) is 4.89. The fourth-order valence-electron chi connectivity index (χ4n) is 1.83. The van der Waals surface area contributed by atoms with Gasteiger partial charge in [-0.25, -0.2) is 0 Å². The first kappa shape index (κ1) is 9.50. The minimum atomic E-state index is 0.266. The van der Waals surface area contributed by atoms with E-state index in [1.54, 1.807) is 0 Å². The summed E-state index contributed by atoms with van der Waals surface area (Å²) in [6, 6.07) is 0. The van der Waals surface area contributed by atoms with Gasteiger partial charge >= 0.3 is 0 Å². The van der Waals surface area contributed by atoms with E-state index in [0.29, 0.717) is 5.92 Å². The zero-order chi connectivity index (χ0) is 8.97. The Labute approximate surface area is 74.9 Å². The lowest BCUT2D eigenvalue weighted by atomic mass is 9.85. The Morgan fingerprint density at radius 1 is 1.33 bits per heavy atom. The van der Waals surface area contributed by atoms with E-state index in [0.717, 1.165) is 12.0 Å². The van der Waals surface area contributed by atoms with E-state index in [1.165, 1.54) is 32.1 Å². The molecule has 0 aromatic heterocycles. The first-order valence-electron chi connectivity index (χ1n) is 4.89. The fraction of sp³-hybridized carbons (Fsp3) is 0.727. The second-order valence-corrected chi connectivity index (χ2v) is 3.91. The summed E-state index contributed by atoms with van der Waals surface area (Å²) in [6.07, 6.45) is 7.23. The zero-order valence-corrected chi connectivity index (χ0v) is 7.94. The molecule has 0 heterocycles. The third kappa shape index (κ3) is 2.80. The van der Waals surface area contributed by atoms with E-state index in [2.05, 4.69) is 6.58 Å². The topological polar surface area (TPSA) is 17.1 Å². The van der Waals surface area contributed by atoms with Crippen molar-refractivity contribution in [2.75, 3.05) is 0 Å². The van der Waals surface area contributed by atoms with Gasteiger partial charge in [-0.1, -0.05) is 38.7 Å². The maximum absolute atomic E-state index is 11.3. The minimum Gasteiger partial charge on any atom is -0.295 e. The molecule has 1 saturated carbocycles. The van der Waals surface area contributed by atoms with Gasteiger partial charge in [-0.3, -0.25) is 4.79 Å². The predicted octanol–water partition coefficient (Wildman–Crippen LogP) is 3.10. The number of carbonyl (C=O) groups is 1. The lowest BCUT2D eigenvalue weighted by Crippen LogP contribution is -2.12. The van der Waals surface area contributed by atoms with Crippen LogP contribution in [0.4, 0.5) is 0 Å². The van der Waals surface area contributed by atoms with Crippen LogP contribution in [0.5, 0.6) is 0 Å². The molecule has 1 rings (SSSR count). The van der Waals surface area contributed by atoms with Gasteiger partial charge in [0.15, 0.2) is 5.78 Å². The van der Waals surface area contributed by atoms with Crippen LogP contribution in [-0.4, -0.2) is 5.78 Å². The molecular formula is C11H18O. The molecule has 1 aliphatic carbocycles. The zero-order valence-electron chi connectivity index (χ0n) is 7.94. The van der Waals surface area contributed by atoms with E-state index in [1.807, 2.05) is 6.92 Å². The lowest BCUT2D eigenvalue weighted by molar-refractivity contribution is -0.116. The van der Waals surface area contributed by atoms with Crippen LogP contribution in [-0.2, 0) is 4.79 Å². The molecule has 0 aromatic rings. The van der Waals surface area contributed by atoms with E-state index in [9.17, 15) is 4.79 Å². The molecule has 0 spiro atoms. The molecule has 0 aliphatic heterocycles. The smallest absolute Gasteiger partial charge is 0.158 e. The Morgan fingerprint density at radius 2 is 1.92 bits per heavy atom. The number of carbonyl (C=O) groups excluding carboxylic acids is 1. The summed E-state index contributed by atoms with van der Waals surface area (Å²) in [6.45, 7) is 5.48. The van der Waals surface area contributed by atoms with Gasteiger partial charge in [0.2, 0.25) is 0 Å². The van der Waals surface area contributed by atoms with Crippen LogP contribution < -0.4 is 0 Å². The van der Waals surface area contributed by atoms with Crippen molar-refractivity contribution in [2.45, 2.75) is 45.4 Å². The summed E-state index contributed by atoms with van der Waals surface area (Å²) in [5.41, 5.74) is 0.723. The molecule has 12 heavy (non-hydrogen) atoms. The van der Waals surface area contributed by atoms with Crippen LogP contribution in [0.25, 0.3) is 0 Å². The third-order valence-corrected chi connectivity index (χ3v) is 2.67. The molecule has 1 nitrogen and oxygen atoms in total. The molecular weight excluding hydrogens is 148 g/mol. The summed E-state index contributed by atoms with van der Waals surface area (Å²) in [7, 11) is 0. The minimum absolute atomic E-state index is 0.266. The molecule has 68 valence electrons. The molecule has 0 unspecified atom stereocenters. The molecule has 0 saturated heterocycles. The van der Waals surface area contributed by atoms with Gasteiger partial charge in [-0.15, -0.1) is 0 Å². The highest BCUT2D eigenvalue weighted by molar-refractivity contribution is 5.94. The molecule has 0 radical (unpaired) electrons. The van der Waals surface area contributed by atoms with Crippen molar-refractivity contribution in [3.05, 3.63) is 12.2 Å². The highest BCUT2D eigenvalue weighted by atomic mass is 16.1. The lowest BCUT2D eigenvalue weighted by Gasteiger charge is -2.20. The summed E-state index contributed by atoms with van der Waals surface area (Å²) >= 11 is 0. The number of hydrogen-bond donors (Lipinski definition) is 0. The second-order valence-electron chi connectivity index (χ2n) is 3.91. The molecule has 0 N–H and O–H groups in total. The van der Waals surface area contributed by atoms with Gasteiger partial charge in [0.05, 0.1) is 0 Å². The summed E-state index contributed by atoms with van der Waals surface area (Å²) < 4.78 is 0. The molecule has 0 aromatic carbocycles. The Hall–Kier alpha value is -0.590. The Kier molecular flexibility index (Phi) is 3.51. The highest BCUT2D eigenvalue weighted by Gasteiger charge is 2.16. The number of ketones is 1. The molecule has 0 bridgehead atoms. The van der Waals surface area contributed by atoms with Gasteiger partial charge in [-0.2, -0.15) is 0 Å². The van der Waals surface area contributed by atoms with Gasteiger partial charge in [0, 0.05) is 6.42 Å². The Balaban J connectivity index is 2.29. The number of hydrogen-bond acceptors (Lipinski definition) is 1. The van der Waals surface area contributed by atoms with Crippen molar-refractivity contribution in [3.8, 4) is 0 Å². The second kappa shape index (κ2) is 4.44. The van der Waals surface area contributed by atoms with Crippen molar-refractivity contribution in [2.24, 2.45) is 5.92 Å². The summed E-state index contributed by atoms with van der Waals surface area (Å²) in [4.78, 5) is 11.3. The van der Waals surface area contributed by atoms with Crippen molar-refractivity contribution >= 4 is 5.78 Å². The standard InChI is InChI=1S/C11H18O/c1-9(2)11(12)8-10-6-4-3-5-7-10/h10H,1,3-8H2,2H3. The van der Waals surface area contributed by atoms with Crippen LogP contribution in [0.15, 0.2) is 12.2 Å². The van der Waals surface area contributed by atoms with Crippen molar-refractivity contribution in [3.63, 3.8) is 0 Å². The molecule has 1 heteroatoms. The van der Waals surface area contributed by atoms with E-state index >= 15 is 0 Å². The van der Waals surface area contributed by atoms with Crippen molar-refractivity contribution in [1.29, 1.82) is 0 Å². The van der Waals surface area contributed by atoms with Gasteiger partial charge in [0.25, 0.3) is 0 Å². The van der Waals surface area contributed by atoms with Crippen LogP contribution in [0, 0.1) is 5.92 Å². The molecule has 1 aliphatic rings. The fourth-order valence-corrected chi connectivity index (χ4v) is 1.83. The molecule has 0 atom stereocenters. The Morgan fingerprint density at radius 3 is 2.42 bits per heavy atom. The highest BCUT2D eigenvalue weighted by Crippen LogP contribution is 2.26. The number of Topliss-reactive ketones (excluding diaryl/α,β-unsaturated/α-hetero) is 1. The van der Waals surface area contributed by atoms with Gasteiger partial charge in [-0.05, 0) is 18.4 Å². The van der Waals surface area contributed by atoms with Gasteiger partial charge < -0.3 is 0 Å². The summed E-state index contributed by atoms with van der Waals surface area (Å²) in [5.74, 6) is 0.921. The number of allylic oxidation sites excluding steroid dienone is 1. The van der Waals surface area contributed by atoms with Crippen molar-refractivity contribution < 1.29 is 4.79 Å². The quantitative estimate of drug-likeness (QED) is 0.589.